The van der Waals surface area contributed by atoms with Crippen molar-refractivity contribution >= 4 is 22.8 Å². The number of esters is 1. The molecule has 2 atom stereocenters. The molecule has 124 valence electrons. The Hall–Kier alpha value is -2.37. The molecule has 0 aliphatic rings. The number of aromatic nitrogens is 1. The van der Waals surface area contributed by atoms with Crippen molar-refractivity contribution in [1.29, 1.82) is 0 Å². The third-order valence-corrected chi connectivity index (χ3v) is 4.03. The molecule has 0 spiro atoms. The average Bonchev–Trinajstić information content (AvgIpc) is 2.93. The van der Waals surface area contributed by atoms with Crippen molar-refractivity contribution < 1.29 is 18.7 Å². The molecule has 2 aromatic rings. The second-order valence-corrected chi connectivity index (χ2v) is 5.60. The van der Waals surface area contributed by atoms with Gasteiger partial charge in [0, 0.05) is 6.20 Å². The molecule has 0 unspecified atom stereocenters. The van der Waals surface area contributed by atoms with Gasteiger partial charge in [-0.25, -0.2) is 9.18 Å². The van der Waals surface area contributed by atoms with Crippen LogP contribution in [-0.2, 0) is 20.9 Å². The van der Waals surface area contributed by atoms with E-state index >= 15 is 0 Å². The fraction of sp³-hybridized carbons (Fsp3) is 0.412. The lowest BCUT2D eigenvalue weighted by Gasteiger charge is -2.22. The van der Waals surface area contributed by atoms with Crippen LogP contribution in [0.25, 0.3) is 10.9 Å². The number of nitrogens with zero attached hydrogens (tertiary/aromatic N) is 1. The zero-order valence-electron chi connectivity index (χ0n) is 13.5. The number of benzene rings is 1. The van der Waals surface area contributed by atoms with Crippen molar-refractivity contribution in [2.45, 2.75) is 32.9 Å². The summed E-state index contributed by atoms with van der Waals surface area (Å²) in [4.78, 5) is 24.1. The molecule has 0 aliphatic carbocycles. The number of hydrogen-bond donors (Lipinski definition) is 1. The summed E-state index contributed by atoms with van der Waals surface area (Å²) in [6.45, 7) is 3.83. The molecular weight excluding hydrogens is 299 g/mol. The maximum Gasteiger partial charge on any atom is 0.328 e. The van der Waals surface area contributed by atoms with E-state index in [1.54, 1.807) is 16.8 Å². The molecule has 1 amide bonds. The fourth-order valence-corrected chi connectivity index (χ4v) is 2.46. The number of fused-ring (bicyclic) bond motifs is 1. The Morgan fingerprint density at radius 1 is 1.35 bits per heavy atom. The molecular formula is C17H21FN2O3. The molecule has 0 bridgehead atoms. The standard InChI is InChI=1S/C17H21FN2O3/c1-4-11(2)16(17(22)23-3)19-15(21)10-20-8-7-12-5-6-13(18)9-14(12)20/h5-9,11,16H,4,10H2,1-3H3,(H,19,21)/t11-,16-/m0/s1. The molecule has 23 heavy (non-hydrogen) atoms. The maximum atomic E-state index is 13.4. The SMILES string of the molecule is CC[C@H](C)[C@H](NC(=O)Cn1ccc2ccc(F)cc21)C(=O)OC. The van der Waals surface area contributed by atoms with Crippen molar-refractivity contribution in [3.63, 3.8) is 0 Å². The molecule has 1 N–H and O–H groups in total. The summed E-state index contributed by atoms with van der Waals surface area (Å²) in [5, 5.41) is 3.56. The van der Waals surface area contributed by atoms with E-state index < -0.39 is 12.0 Å². The van der Waals surface area contributed by atoms with Gasteiger partial charge in [-0.2, -0.15) is 0 Å². The van der Waals surface area contributed by atoms with Crippen LogP contribution in [-0.4, -0.2) is 29.6 Å². The largest absolute Gasteiger partial charge is 0.467 e. The summed E-state index contributed by atoms with van der Waals surface area (Å²) in [6, 6.07) is 5.55. The topological polar surface area (TPSA) is 60.3 Å². The Bertz CT molecular complexity index is 711. The van der Waals surface area contributed by atoms with Gasteiger partial charge in [-0.05, 0) is 35.6 Å². The van der Waals surface area contributed by atoms with Crippen LogP contribution in [0, 0.1) is 11.7 Å². The van der Waals surface area contributed by atoms with Gasteiger partial charge in [-0.15, -0.1) is 0 Å². The van der Waals surface area contributed by atoms with Gasteiger partial charge in [-0.3, -0.25) is 4.79 Å². The maximum absolute atomic E-state index is 13.4. The van der Waals surface area contributed by atoms with Crippen LogP contribution >= 0.6 is 0 Å². The summed E-state index contributed by atoms with van der Waals surface area (Å²) < 4.78 is 19.8. The molecule has 0 saturated heterocycles. The highest BCUT2D eigenvalue weighted by Gasteiger charge is 2.26. The van der Waals surface area contributed by atoms with E-state index in [0.29, 0.717) is 5.52 Å². The van der Waals surface area contributed by atoms with E-state index in [2.05, 4.69) is 5.32 Å². The average molecular weight is 320 g/mol. The Labute approximate surface area is 134 Å². The number of nitrogens with one attached hydrogen (secondary N) is 1. The van der Waals surface area contributed by atoms with Gasteiger partial charge in [0.2, 0.25) is 5.91 Å². The van der Waals surface area contributed by atoms with Crippen molar-refractivity contribution in [2.75, 3.05) is 7.11 Å². The summed E-state index contributed by atoms with van der Waals surface area (Å²) in [6.07, 6.45) is 2.46. The Morgan fingerprint density at radius 2 is 2.09 bits per heavy atom. The zero-order valence-corrected chi connectivity index (χ0v) is 13.5. The van der Waals surface area contributed by atoms with Crippen LogP contribution in [0.15, 0.2) is 30.5 Å². The summed E-state index contributed by atoms with van der Waals surface area (Å²) in [5.74, 6) is -1.17. The van der Waals surface area contributed by atoms with E-state index in [9.17, 15) is 14.0 Å². The minimum absolute atomic E-state index is 0.0108. The summed E-state index contributed by atoms with van der Waals surface area (Å²) in [5.41, 5.74) is 0.637. The Kier molecular flexibility index (Phi) is 5.36. The van der Waals surface area contributed by atoms with Crippen LogP contribution < -0.4 is 5.32 Å². The highest BCUT2D eigenvalue weighted by molar-refractivity contribution is 5.86. The predicted molar refractivity (Wildman–Crippen MR) is 85.3 cm³/mol. The lowest BCUT2D eigenvalue weighted by Crippen LogP contribution is -2.46. The molecule has 1 aromatic heterocycles. The highest BCUT2D eigenvalue weighted by Crippen LogP contribution is 2.17. The number of halogens is 1. The quantitative estimate of drug-likeness (QED) is 0.832. The van der Waals surface area contributed by atoms with E-state index in [0.717, 1.165) is 11.8 Å². The lowest BCUT2D eigenvalue weighted by atomic mass is 9.99. The molecule has 0 radical (unpaired) electrons. The Morgan fingerprint density at radius 3 is 2.74 bits per heavy atom. The van der Waals surface area contributed by atoms with Crippen LogP contribution in [0.5, 0.6) is 0 Å². The first-order valence-electron chi connectivity index (χ1n) is 7.57. The van der Waals surface area contributed by atoms with Crippen molar-refractivity contribution in [2.24, 2.45) is 5.92 Å². The molecule has 1 aromatic carbocycles. The number of carbonyl (C=O) groups is 2. The van der Waals surface area contributed by atoms with Gasteiger partial charge in [-0.1, -0.05) is 20.3 Å². The van der Waals surface area contributed by atoms with Gasteiger partial charge in [0.15, 0.2) is 0 Å². The third kappa shape index (κ3) is 3.88. The summed E-state index contributed by atoms with van der Waals surface area (Å²) in [7, 11) is 1.30. The third-order valence-electron chi connectivity index (χ3n) is 4.03. The fourth-order valence-electron chi connectivity index (χ4n) is 2.46. The number of hydrogen-bond acceptors (Lipinski definition) is 3. The first kappa shape index (κ1) is 17.0. The van der Waals surface area contributed by atoms with Gasteiger partial charge in [0.25, 0.3) is 0 Å². The number of methoxy groups -OCH3 is 1. The second kappa shape index (κ2) is 7.26. The van der Waals surface area contributed by atoms with E-state index in [1.807, 2.05) is 19.9 Å². The minimum Gasteiger partial charge on any atom is -0.467 e. The van der Waals surface area contributed by atoms with Crippen molar-refractivity contribution in [3.05, 3.63) is 36.3 Å². The van der Waals surface area contributed by atoms with Gasteiger partial charge >= 0.3 is 5.97 Å². The highest BCUT2D eigenvalue weighted by atomic mass is 19.1. The number of rotatable bonds is 6. The zero-order chi connectivity index (χ0) is 17.0. The normalized spacial score (nSPS) is 13.6. The molecule has 0 fully saturated rings. The molecule has 0 aliphatic heterocycles. The number of ether oxygens (including phenoxy) is 1. The first-order chi connectivity index (χ1) is 11.0. The van der Waals surface area contributed by atoms with Crippen LogP contribution in [0.2, 0.25) is 0 Å². The molecule has 0 saturated carbocycles. The van der Waals surface area contributed by atoms with Gasteiger partial charge in [0.1, 0.15) is 18.4 Å². The molecule has 2 rings (SSSR count). The molecule has 5 nitrogen and oxygen atoms in total. The number of carbonyl (C=O) groups excluding carboxylic acids is 2. The predicted octanol–water partition coefficient (Wildman–Crippen LogP) is 2.48. The first-order valence-corrected chi connectivity index (χ1v) is 7.57. The van der Waals surface area contributed by atoms with E-state index in [4.69, 9.17) is 4.74 Å². The molecule has 6 heteroatoms. The van der Waals surface area contributed by atoms with E-state index in [1.165, 1.54) is 19.2 Å². The Balaban J connectivity index is 2.13. The monoisotopic (exact) mass is 320 g/mol. The minimum atomic E-state index is -0.684. The van der Waals surface area contributed by atoms with Crippen molar-refractivity contribution in [3.8, 4) is 0 Å². The van der Waals surface area contributed by atoms with Crippen LogP contribution in [0.4, 0.5) is 4.39 Å². The van der Waals surface area contributed by atoms with Crippen LogP contribution in [0.1, 0.15) is 20.3 Å². The van der Waals surface area contributed by atoms with Crippen LogP contribution in [0.3, 0.4) is 0 Å². The van der Waals surface area contributed by atoms with Crippen molar-refractivity contribution in [1.82, 2.24) is 9.88 Å². The summed E-state index contributed by atoms with van der Waals surface area (Å²) >= 11 is 0. The second-order valence-electron chi connectivity index (χ2n) is 5.60. The van der Waals surface area contributed by atoms with Gasteiger partial charge in [0.05, 0.1) is 12.6 Å². The number of amides is 1. The van der Waals surface area contributed by atoms with Gasteiger partial charge < -0.3 is 14.6 Å². The van der Waals surface area contributed by atoms with E-state index in [-0.39, 0.29) is 24.2 Å². The smallest absolute Gasteiger partial charge is 0.328 e. The lowest BCUT2D eigenvalue weighted by molar-refractivity contribution is -0.146. The molecule has 1 heterocycles.